The van der Waals surface area contributed by atoms with Crippen LogP contribution >= 0.6 is 11.3 Å². The number of amides is 2. The lowest BCUT2D eigenvalue weighted by molar-refractivity contribution is -0.135. The van der Waals surface area contributed by atoms with Crippen LogP contribution in [0.25, 0.3) is 10.2 Å². The van der Waals surface area contributed by atoms with Gasteiger partial charge in [-0.3, -0.25) is 9.59 Å². The molecule has 1 aromatic heterocycles. The van der Waals surface area contributed by atoms with Crippen LogP contribution in [-0.2, 0) is 9.59 Å². The number of carbonyl (C=O) groups is 2. The highest BCUT2D eigenvalue weighted by Crippen LogP contribution is 2.27. The summed E-state index contributed by atoms with van der Waals surface area (Å²) in [6.45, 7) is 5.64. The SMILES string of the molecule is CCNCC(=O)N1CCC[C@H]1C(=O)Nc1nc2ccc(C)cc2s1. The Morgan fingerprint density at radius 1 is 1.42 bits per heavy atom. The van der Waals surface area contributed by atoms with Gasteiger partial charge in [0.05, 0.1) is 16.8 Å². The molecule has 0 bridgehead atoms. The fraction of sp³-hybridized carbons (Fsp3) is 0.471. The number of fused-ring (bicyclic) bond motifs is 1. The van der Waals surface area contributed by atoms with Gasteiger partial charge >= 0.3 is 0 Å². The van der Waals surface area contributed by atoms with E-state index in [1.165, 1.54) is 16.9 Å². The Balaban J connectivity index is 1.69. The van der Waals surface area contributed by atoms with Gasteiger partial charge in [0.15, 0.2) is 5.13 Å². The molecule has 24 heavy (non-hydrogen) atoms. The smallest absolute Gasteiger partial charge is 0.248 e. The van der Waals surface area contributed by atoms with E-state index in [0.717, 1.165) is 23.2 Å². The van der Waals surface area contributed by atoms with Gasteiger partial charge in [0, 0.05) is 6.54 Å². The largest absolute Gasteiger partial charge is 0.330 e. The first-order valence-electron chi connectivity index (χ1n) is 8.26. The summed E-state index contributed by atoms with van der Waals surface area (Å²) in [4.78, 5) is 30.9. The summed E-state index contributed by atoms with van der Waals surface area (Å²) in [6, 6.07) is 5.62. The number of nitrogens with zero attached hydrogens (tertiary/aromatic N) is 2. The fourth-order valence-electron chi connectivity index (χ4n) is 2.95. The molecule has 128 valence electrons. The third-order valence-corrected chi connectivity index (χ3v) is 5.11. The van der Waals surface area contributed by atoms with Crippen molar-refractivity contribution in [2.45, 2.75) is 32.7 Å². The Kier molecular flexibility index (Phi) is 5.11. The van der Waals surface area contributed by atoms with Crippen LogP contribution in [0.15, 0.2) is 18.2 Å². The van der Waals surface area contributed by atoms with Gasteiger partial charge in [-0.25, -0.2) is 4.98 Å². The minimum atomic E-state index is -0.398. The van der Waals surface area contributed by atoms with Gasteiger partial charge < -0.3 is 15.5 Å². The molecule has 1 aromatic carbocycles. The quantitative estimate of drug-likeness (QED) is 0.870. The van der Waals surface area contributed by atoms with Crippen molar-refractivity contribution in [3.05, 3.63) is 23.8 Å². The molecular formula is C17H22N4O2S. The van der Waals surface area contributed by atoms with Crippen molar-refractivity contribution >= 4 is 38.5 Å². The third kappa shape index (κ3) is 3.57. The van der Waals surface area contributed by atoms with Gasteiger partial charge in [-0.2, -0.15) is 0 Å². The maximum absolute atomic E-state index is 12.6. The van der Waals surface area contributed by atoms with Gasteiger partial charge in [-0.15, -0.1) is 0 Å². The number of hydrogen-bond acceptors (Lipinski definition) is 5. The van der Waals surface area contributed by atoms with E-state index < -0.39 is 6.04 Å². The van der Waals surface area contributed by atoms with Crippen LogP contribution in [0, 0.1) is 6.92 Å². The highest BCUT2D eigenvalue weighted by Gasteiger charge is 2.34. The van der Waals surface area contributed by atoms with E-state index >= 15 is 0 Å². The number of thiazole rings is 1. The number of likely N-dealkylation sites (N-methyl/N-ethyl adjacent to an activating group) is 1. The van der Waals surface area contributed by atoms with E-state index in [4.69, 9.17) is 0 Å². The van der Waals surface area contributed by atoms with Crippen LogP contribution in [0.2, 0.25) is 0 Å². The molecule has 6 nitrogen and oxygen atoms in total. The second kappa shape index (κ2) is 7.27. The normalized spacial score (nSPS) is 17.4. The van der Waals surface area contributed by atoms with E-state index in [1.807, 2.05) is 26.0 Å². The van der Waals surface area contributed by atoms with Crippen molar-refractivity contribution in [3.63, 3.8) is 0 Å². The van der Waals surface area contributed by atoms with E-state index in [2.05, 4.69) is 21.7 Å². The maximum Gasteiger partial charge on any atom is 0.248 e. The molecule has 1 atom stereocenters. The summed E-state index contributed by atoms with van der Waals surface area (Å²) in [5.41, 5.74) is 2.05. The van der Waals surface area contributed by atoms with E-state index in [1.54, 1.807) is 4.90 Å². The summed E-state index contributed by atoms with van der Waals surface area (Å²) < 4.78 is 1.05. The second-order valence-electron chi connectivity index (χ2n) is 6.00. The zero-order valence-electron chi connectivity index (χ0n) is 14.0. The Morgan fingerprint density at radius 3 is 3.04 bits per heavy atom. The number of aryl methyl sites for hydroxylation is 1. The molecule has 0 spiro atoms. The van der Waals surface area contributed by atoms with Crippen molar-refractivity contribution < 1.29 is 9.59 Å². The predicted octanol–water partition coefficient (Wildman–Crippen LogP) is 2.14. The molecule has 2 heterocycles. The molecule has 2 amide bonds. The van der Waals surface area contributed by atoms with E-state index in [-0.39, 0.29) is 18.4 Å². The van der Waals surface area contributed by atoms with Crippen LogP contribution < -0.4 is 10.6 Å². The van der Waals surface area contributed by atoms with Crippen molar-refractivity contribution in [1.82, 2.24) is 15.2 Å². The lowest BCUT2D eigenvalue weighted by Crippen LogP contribution is -2.46. The standard InChI is InChI=1S/C17H22N4O2S/c1-3-18-10-15(22)21-8-4-5-13(21)16(23)20-17-19-12-7-6-11(2)9-14(12)24-17/h6-7,9,13,18H,3-5,8,10H2,1-2H3,(H,19,20,23)/t13-/m0/s1. The summed E-state index contributed by atoms with van der Waals surface area (Å²) in [5.74, 6) is -0.164. The zero-order chi connectivity index (χ0) is 17.1. The first kappa shape index (κ1) is 16.9. The minimum Gasteiger partial charge on any atom is -0.330 e. The van der Waals surface area contributed by atoms with Gasteiger partial charge in [0.2, 0.25) is 11.8 Å². The van der Waals surface area contributed by atoms with Crippen LogP contribution in [0.1, 0.15) is 25.3 Å². The fourth-order valence-corrected chi connectivity index (χ4v) is 3.91. The summed E-state index contributed by atoms with van der Waals surface area (Å²) >= 11 is 1.46. The van der Waals surface area contributed by atoms with Crippen LogP contribution in [0.4, 0.5) is 5.13 Å². The van der Waals surface area contributed by atoms with E-state index in [0.29, 0.717) is 18.1 Å². The molecular weight excluding hydrogens is 324 g/mol. The number of hydrogen-bond donors (Lipinski definition) is 2. The summed E-state index contributed by atoms with van der Waals surface area (Å²) in [7, 11) is 0. The molecule has 2 N–H and O–H groups in total. The topological polar surface area (TPSA) is 74.3 Å². The predicted molar refractivity (Wildman–Crippen MR) is 96.3 cm³/mol. The monoisotopic (exact) mass is 346 g/mol. The number of nitrogens with one attached hydrogen (secondary N) is 2. The molecule has 0 aliphatic carbocycles. The van der Waals surface area contributed by atoms with Crippen molar-refractivity contribution in [3.8, 4) is 0 Å². The number of aromatic nitrogens is 1. The second-order valence-corrected chi connectivity index (χ2v) is 7.04. The number of carbonyl (C=O) groups excluding carboxylic acids is 2. The first-order chi connectivity index (χ1) is 11.6. The van der Waals surface area contributed by atoms with Crippen LogP contribution in [0.3, 0.4) is 0 Å². The lowest BCUT2D eigenvalue weighted by Gasteiger charge is -2.23. The Hall–Kier alpha value is -1.99. The van der Waals surface area contributed by atoms with Gasteiger partial charge in [-0.05, 0) is 44.0 Å². The number of anilines is 1. The third-order valence-electron chi connectivity index (χ3n) is 4.18. The highest BCUT2D eigenvalue weighted by atomic mass is 32.1. The Bertz CT molecular complexity index is 758. The van der Waals surface area contributed by atoms with E-state index in [9.17, 15) is 9.59 Å². The number of benzene rings is 1. The van der Waals surface area contributed by atoms with Crippen molar-refractivity contribution in [2.24, 2.45) is 0 Å². The molecule has 0 saturated carbocycles. The molecule has 7 heteroatoms. The molecule has 2 aromatic rings. The Labute approximate surface area is 145 Å². The summed E-state index contributed by atoms with van der Waals surface area (Å²) in [6.07, 6.45) is 1.56. The van der Waals surface area contributed by atoms with Crippen LogP contribution in [0.5, 0.6) is 0 Å². The molecule has 1 aliphatic rings. The van der Waals surface area contributed by atoms with Crippen LogP contribution in [-0.4, -0.2) is 47.4 Å². The molecule has 3 rings (SSSR count). The Morgan fingerprint density at radius 2 is 2.25 bits per heavy atom. The average Bonchev–Trinajstić information content (AvgIpc) is 3.18. The van der Waals surface area contributed by atoms with Gasteiger partial charge in [0.25, 0.3) is 0 Å². The van der Waals surface area contributed by atoms with Crippen molar-refractivity contribution in [1.29, 1.82) is 0 Å². The first-order valence-corrected chi connectivity index (χ1v) is 9.08. The molecule has 1 fully saturated rings. The maximum atomic E-state index is 12.6. The lowest BCUT2D eigenvalue weighted by atomic mass is 10.2. The highest BCUT2D eigenvalue weighted by molar-refractivity contribution is 7.22. The van der Waals surface area contributed by atoms with Gasteiger partial charge in [0.1, 0.15) is 6.04 Å². The average molecular weight is 346 g/mol. The molecule has 1 aliphatic heterocycles. The summed E-state index contributed by atoms with van der Waals surface area (Å²) in [5, 5.41) is 6.50. The zero-order valence-corrected chi connectivity index (χ0v) is 14.8. The number of likely N-dealkylation sites (tertiary alicyclic amines) is 1. The number of rotatable bonds is 5. The van der Waals surface area contributed by atoms with Crippen molar-refractivity contribution in [2.75, 3.05) is 25.0 Å². The van der Waals surface area contributed by atoms with Gasteiger partial charge in [-0.1, -0.05) is 24.3 Å². The minimum absolute atomic E-state index is 0.0191. The molecule has 1 saturated heterocycles. The molecule has 0 radical (unpaired) electrons. The molecule has 0 unspecified atom stereocenters.